The molecule has 3 heteroatoms. The fourth-order valence-electron chi connectivity index (χ4n) is 1.70. The highest BCUT2D eigenvalue weighted by Gasteiger charge is 2.21. The largest absolute Gasteiger partial charge is 0.472 e. The maximum Gasteiger partial charge on any atom is 0.0947 e. The molecule has 15 heavy (non-hydrogen) atoms. The molecule has 0 fully saturated rings. The summed E-state index contributed by atoms with van der Waals surface area (Å²) >= 11 is 0. The van der Waals surface area contributed by atoms with Crippen LogP contribution in [0.2, 0.25) is 0 Å². The third kappa shape index (κ3) is 4.72. The monoisotopic (exact) mass is 231 g/mol. The summed E-state index contributed by atoms with van der Waals surface area (Å²) in [5.41, 5.74) is 1.53. The molecule has 1 unspecified atom stereocenters. The topological polar surface area (TPSA) is 25.2 Å². The standard InChI is InChI=1S/C12H21NO.ClH/c1-5-11(12(2,3)4)13-8-10-6-7-14-9-10;/h6-7,9,11,13H,5,8H2,1-4H3;1H. The van der Waals surface area contributed by atoms with Gasteiger partial charge in [0.05, 0.1) is 12.5 Å². The average Bonchev–Trinajstić information content (AvgIpc) is 2.55. The number of halogens is 1. The Morgan fingerprint density at radius 3 is 2.47 bits per heavy atom. The SMILES string of the molecule is CCC(NCc1ccoc1)C(C)(C)C.Cl. The Morgan fingerprint density at radius 1 is 1.40 bits per heavy atom. The Labute approximate surface area is 98.8 Å². The third-order valence-electron chi connectivity index (χ3n) is 2.59. The van der Waals surface area contributed by atoms with Crippen LogP contribution in [0.15, 0.2) is 23.0 Å². The number of nitrogens with one attached hydrogen (secondary N) is 1. The van der Waals surface area contributed by atoms with Crippen LogP contribution in [0.25, 0.3) is 0 Å². The fraction of sp³-hybridized carbons (Fsp3) is 0.667. The second-order valence-corrected chi connectivity index (χ2v) is 4.84. The van der Waals surface area contributed by atoms with Gasteiger partial charge in [0.1, 0.15) is 0 Å². The van der Waals surface area contributed by atoms with Gasteiger partial charge in [-0.3, -0.25) is 0 Å². The summed E-state index contributed by atoms with van der Waals surface area (Å²) in [6.07, 6.45) is 4.67. The van der Waals surface area contributed by atoms with Crippen LogP contribution >= 0.6 is 12.4 Å². The van der Waals surface area contributed by atoms with Crippen LogP contribution in [-0.2, 0) is 6.54 Å². The summed E-state index contributed by atoms with van der Waals surface area (Å²) in [4.78, 5) is 0. The van der Waals surface area contributed by atoms with Gasteiger partial charge in [0.15, 0.2) is 0 Å². The third-order valence-corrected chi connectivity index (χ3v) is 2.59. The predicted molar refractivity (Wildman–Crippen MR) is 66.3 cm³/mol. The molecule has 1 atom stereocenters. The Hall–Kier alpha value is -0.470. The van der Waals surface area contributed by atoms with Crippen LogP contribution in [0.3, 0.4) is 0 Å². The summed E-state index contributed by atoms with van der Waals surface area (Å²) in [7, 11) is 0. The van der Waals surface area contributed by atoms with Gasteiger partial charge in [0.25, 0.3) is 0 Å². The van der Waals surface area contributed by atoms with Gasteiger partial charge >= 0.3 is 0 Å². The first-order valence-electron chi connectivity index (χ1n) is 5.28. The van der Waals surface area contributed by atoms with Gasteiger partial charge in [-0.2, -0.15) is 0 Å². The molecule has 1 rings (SSSR count). The van der Waals surface area contributed by atoms with E-state index < -0.39 is 0 Å². The predicted octanol–water partition coefficient (Wildman–Crippen LogP) is 3.62. The fourth-order valence-corrected chi connectivity index (χ4v) is 1.70. The first kappa shape index (κ1) is 14.5. The van der Waals surface area contributed by atoms with Crippen LogP contribution < -0.4 is 5.32 Å². The minimum absolute atomic E-state index is 0. The van der Waals surface area contributed by atoms with Crippen LogP contribution in [0, 0.1) is 5.41 Å². The van der Waals surface area contributed by atoms with Crippen LogP contribution in [0.4, 0.5) is 0 Å². The molecule has 0 saturated carbocycles. The lowest BCUT2D eigenvalue weighted by molar-refractivity contribution is 0.259. The molecule has 0 amide bonds. The first-order valence-corrected chi connectivity index (χ1v) is 5.28. The van der Waals surface area contributed by atoms with Gasteiger partial charge in [-0.25, -0.2) is 0 Å². The highest BCUT2D eigenvalue weighted by atomic mass is 35.5. The number of furan rings is 1. The second kappa shape index (κ2) is 6.19. The van der Waals surface area contributed by atoms with Crippen molar-refractivity contribution in [2.75, 3.05) is 0 Å². The minimum atomic E-state index is 0. The van der Waals surface area contributed by atoms with Crippen molar-refractivity contribution in [2.24, 2.45) is 5.41 Å². The van der Waals surface area contributed by atoms with E-state index in [4.69, 9.17) is 4.42 Å². The summed E-state index contributed by atoms with van der Waals surface area (Å²) in [5, 5.41) is 3.55. The van der Waals surface area contributed by atoms with E-state index >= 15 is 0 Å². The molecule has 88 valence electrons. The van der Waals surface area contributed by atoms with Crippen molar-refractivity contribution in [2.45, 2.75) is 46.7 Å². The highest BCUT2D eigenvalue weighted by Crippen LogP contribution is 2.21. The van der Waals surface area contributed by atoms with Crippen molar-refractivity contribution in [3.63, 3.8) is 0 Å². The van der Waals surface area contributed by atoms with Gasteiger partial charge in [-0.05, 0) is 17.9 Å². The molecule has 0 aromatic carbocycles. The van der Waals surface area contributed by atoms with E-state index in [-0.39, 0.29) is 12.4 Å². The van der Waals surface area contributed by atoms with Gasteiger partial charge < -0.3 is 9.73 Å². The van der Waals surface area contributed by atoms with Gasteiger partial charge in [0.2, 0.25) is 0 Å². The van der Waals surface area contributed by atoms with E-state index in [1.54, 1.807) is 12.5 Å². The van der Waals surface area contributed by atoms with E-state index in [0.29, 0.717) is 11.5 Å². The van der Waals surface area contributed by atoms with Crippen molar-refractivity contribution < 1.29 is 4.42 Å². The summed E-state index contributed by atoms with van der Waals surface area (Å²) in [6, 6.07) is 2.56. The summed E-state index contributed by atoms with van der Waals surface area (Å²) in [5.74, 6) is 0. The molecule has 2 nitrogen and oxygen atoms in total. The smallest absolute Gasteiger partial charge is 0.0947 e. The van der Waals surface area contributed by atoms with E-state index in [2.05, 4.69) is 33.0 Å². The zero-order valence-electron chi connectivity index (χ0n) is 10.0. The molecule has 1 heterocycles. The zero-order chi connectivity index (χ0) is 10.6. The van der Waals surface area contributed by atoms with Crippen LogP contribution in [0.5, 0.6) is 0 Å². The van der Waals surface area contributed by atoms with E-state index in [0.717, 1.165) is 13.0 Å². The molecular weight excluding hydrogens is 210 g/mol. The maximum absolute atomic E-state index is 5.03. The molecule has 1 aromatic rings. The van der Waals surface area contributed by atoms with Crippen molar-refractivity contribution in [3.8, 4) is 0 Å². The molecule has 0 spiro atoms. The van der Waals surface area contributed by atoms with Crippen molar-refractivity contribution in [3.05, 3.63) is 24.2 Å². The number of rotatable bonds is 4. The zero-order valence-corrected chi connectivity index (χ0v) is 10.9. The molecule has 0 bridgehead atoms. The summed E-state index contributed by atoms with van der Waals surface area (Å²) < 4.78 is 5.03. The molecule has 1 aromatic heterocycles. The van der Waals surface area contributed by atoms with Gasteiger partial charge in [0, 0.05) is 18.2 Å². The Balaban J connectivity index is 0.00000196. The maximum atomic E-state index is 5.03. The van der Waals surface area contributed by atoms with Crippen molar-refractivity contribution in [1.29, 1.82) is 0 Å². The lowest BCUT2D eigenvalue weighted by Crippen LogP contribution is -2.39. The van der Waals surface area contributed by atoms with Crippen LogP contribution in [0.1, 0.15) is 39.7 Å². The van der Waals surface area contributed by atoms with Crippen molar-refractivity contribution >= 4 is 12.4 Å². The number of hydrogen-bond donors (Lipinski definition) is 1. The van der Waals surface area contributed by atoms with E-state index in [9.17, 15) is 0 Å². The minimum Gasteiger partial charge on any atom is -0.472 e. The molecule has 0 aliphatic rings. The quantitative estimate of drug-likeness (QED) is 0.857. The van der Waals surface area contributed by atoms with Crippen molar-refractivity contribution in [1.82, 2.24) is 5.32 Å². The molecule has 0 saturated heterocycles. The second-order valence-electron chi connectivity index (χ2n) is 4.84. The summed E-state index contributed by atoms with van der Waals surface area (Å²) in [6.45, 7) is 9.92. The average molecular weight is 232 g/mol. The lowest BCUT2D eigenvalue weighted by Gasteiger charge is -2.30. The Morgan fingerprint density at radius 2 is 2.07 bits per heavy atom. The molecule has 1 N–H and O–H groups in total. The molecule has 0 radical (unpaired) electrons. The lowest BCUT2D eigenvalue weighted by atomic mass is 9.85. The number of hydrogen-bond acceptors (Lipinski definition) is 2. The van der Waals surface area contributed by atoms with E-state index in [1.165, 1.54) is 5.56 Å². The Bertz CT molecular complexity index is 251. The Kier molecular flexibility index (Phi) is 5.99. The molecule has 0 aliphatic carbocycles. The molecule has 0 aliphatic heterocycles. The van der Waals surface area contributed by atoms with Crippen LogP contribution in [-0.4, -0.2) is 6.04 Å². The van der Waals surface area contributed by atoms with Gasteiger partial charge in [-0.1, -0.05) is 27.7 Å². The van der Waals surface area contributed by atoms with E-state index in [1.807, 2.05) is 6.07 Å². The normalized spacial score (nSPS) is 13.3. The molecular formula is C12H22ClNO. The first-order chi connectivity index (χ1) is 6.54. The van der Waals surface area contributed by atoms with Gasteiger partial charge in [-0.15, -0.1) is 12.4 Å². The highest BCUT2D eigenvalue weighted by molar-refractivity contribution is 5.85.